The molecule has 172 valence electrons. The molecule has 0 atom stereocenters. The molecule has 0 bridgehead atoms. The first-order valence-electron chi connectivity index (χ1n) is 11.1. The fraction of sp³-hybridized carbons (Fsp3) is 0.375. The van der Waals surface area contributed by atoms with E-state index in [-0.39, 0.29) is 18.4 Å². The Balaban J connectivity index is 1.43. The number of carbonyl (C=O) groups excluding carboxylic acids is 2. The number of benzene rings is 1. The number of aromatic nitrogens is 4. The molecule has 1 N–H and O–H groups in total. The minimum absolute atomic E-state index is 0.103. The number of carbonyl (C=O) groups is 2. The van der Waals surface area contributed by atoms with Gasteiger partial charge in [-0.15, -0.1) is 10.2 Å². The molecule has 4 rings (SSSR count). The van der Waals surface area contributed by atoms with Gasteiger partial charge >= 0.3 is 0 Å². The highest BCUT2D eigenvalue weighted by Crippen LogP contribution is 2.24. The molecule has 3 aromatic rings. The molecule has 1 aliphatic heterocycles. The van der Waals surface area contributed by atoms with Crippen LogP contribution in [0.15, 0.2) is 53.9 Å². The summed E-state index contributed by atoms with van der Waals surface area (Å²) in [5.74, 6) is 1.80. The molecule has 2 aromatic heterocycles. The van der Waals surface area contributed by atoms with Crippen molar-refractivity contribution in [2.24, 2.45) is 5.92 Å². The van der Waals surface area contributed by atoms with Gasteiger partial charge in [-0.1, -0.05) is 31.7 Å². The summed E-state index contributed by atoms with van der Waals surface area (Å²) in [7, 11) is 0. The summed E-state index contributed by atoms with van der Waals surface area (Å²) in [6.45, 7) is 6.03. The number of nitrogens with zero attached hydrogens (tertiary/aromatic N) is 5. The topological polar surface area (TPSA) is 93.0 Å². The molecule has 8 nitrogen and oxygen atoms in total. The Labute approximate surface area is 197 Å². The Morgan fingerprint density at radius 3 is 2.73 bits per heavy atom. The lowest BCUT2D eigenvalue weighted by atomic mass is 10.1. The van der Waals surface area contributed by atoms with Crippen molar-refractivity contribution in [3.05, 3.63) is 65.7 Å². The third-order valence-electron chi connectivity index (χ3n) is 5.36. The molecule has 0 spiro atoms. The van der Waals surface area contributed by atoms with Crippen LogP contribution in [0, 0.1) is 5.92 Å². The quantitative estimate of drug-likeness (QED) is 0.486. The first-order chi connectivity index (χ1) is 16.0. The molecule has 1 saturated heterocycles. The number of amides is 2. The maximum Gasteiger partial charge on any atom is 0.251 e. The molecule has 3 heterocycles. The van der Waals surface area contributed by atoms with Crippen LogP contribution in [0.5, 0.6) is 0 Å². The maximum absolute atomic E-state index is 12.8. The molecule has 1 fully saturated rings. The van der Waals surface area contributed by atoms with Gasteiger partial charge in [0.1, 0.15) is 0 Å². The van der Waals surface area contributed by atoms with E-state index in [0.29, 0.717) is 24.4 Å². The Hall–Kier alpha value is -3.20. The average Bonchev–Trinajstić information content (AvgIpc) is 3.42. The average molecular weight is 465 g/mol. The van der Waals surface area contributed by atoms with Crippen LogP contribution in [0.1, 0.15) is 48.4 Å². The summed E-state index contributed by atoms with van der Waals surface area (Å²) in [6, 6.07) is 11.2. The Kier molecular flexibility index (Phi) is 7.39. The first kappa shape index (κ1) is 23.0. The predicted molar refractivity (Wildman–Crippen MR) is 128 cm³/mol. The van der Waals surface area contributed by atoms with E-state index in [0.717, 1.165) is 35.4 Å². The molecule has 0 aliphatic carbocycles. The second kappa shape index (κ2) is 10.6. The van der Waals surface area contributed by atoms with Crippen molar-refractivity contribution in [1.29, 1.82) is 0 Å². The highest BCUT2D eigenvalue weighted by atomic mass is 32.2. The second-order valence-corrected chi connectivity index (χ2v) is 9.37. The van der Waals surface area contributed by atoms with Crippen molar-refractivity contribution in [3.8, 4) is 0 Å². The molecule has 2 amide bonds. The lowest BCUT2D eigenvalue weighted by Crippen LogP contribution is -2.27. The summed E-state index contributed by atoms with van der Waals surface area (Å²) < 4.78 is 2.08. The van der Waals surface area contributed by atoms with Gasteiger partial charge in [-0.25, -0.2) is 0 Å². The molecule has 0 unspecified atom stereocenters. The number of thioether (sulfide) groups is 1. The lowest BCUT2D eigenvalue weighted by molar-refractivity contribution is -0.117. The number of hydrogen-bond acceptors (Lipinski definition) is 6. The van der Waals surface area contributed by atoms with Crippen LogP contribution < -0.4 is 10.2 Å². The minimum Gasteiger partial charge on any atom is -0.345 e. The first-order valence-corrected chi connectivity index (χ1v) is 12.1. The van der Waals surface area contributed by atoms with Gasteiger partial charge < -0.3 is 14.8 Å². The summed E-state index contributed by atoms with van der Waals surface area (Å²) in [4.78, 5) is 30.7. The van der Waals surface area contributed by atoms with E-state index in [1.807, 2.05) is 24.3 Å². The van der Waals surface area contributed by atoms with E-state index in [2.05, 4.69) is 38.9 Å². The van der Waals surface area contributed by atoms with Gasteiger partial charge in [0, 0.05) is 48.9 Å². The zero-order valence-electron chi connectivity index (χ0n) is 18.9. The van der Waals surface area contributed by atoms with E-state index in [9.17, 15) is 9.59 Å². The van der Waals surface area contributed by atoms with Crippen molar-refractivity contribution in [1.82, 2.24) is 25.1 Å². The van der Waals surface area contributed by atoms with Gasteiger partial charge in [-0.05, 0) is 48.2 Å². The zero-order valence-corrected chi connectivity index (χ0v) is 19.7. The Morgan fingerprint density at radius 2 is 2.00 bits per heavy atom. The fourth-order valence-corrected chi connectivity index (χ4v) is 4.65. The maximum atomic E-state index is 12.8. The van der Waals surface area contributed by atoms with Gasteiger partial charge in [-0.3, -0.25) is 14.6 Å². The lowest BCUT2D eigenvalue weighted by Gasteiger charge is -2.16. The second-order valence-electron chi connectivity index (χ2n) is 8.43. The number of hydrogen-bond donors (Lipinski definition) is 1. The van der Waals surface area contributed by atoms with E-state index < -0.39 is 0 Å². The van der Waals surface area contributed by atoms with Crippen LogP contribution in [0.3, 0.4) is 0 Å². The van der Waals surface area contributed by atoms with E-state index in [1.165, 1.54) is 5.56 Å². The molecule has 9 heteroatoms. The van der Waals surface area contributed by atoms with Crippen molar-refractivity contribution in [3.63, 3.8) is 0 Å². The van der Waals surface area contributed by atoms with Crippen molar-refractivity contribution in [2.45, 2.75) is 50.7 Å². The van der Waals surface area contributed by atoms with Crippen molar-refractivity contribution >= 4 is 29.3 Å². The van der Waals surface area contributed by atoms with Crippen molar-refractivity contribution in [2.75, 3.05) is 11.4 Å². The van der Waals surface area contributed by atoms with Gasteiger partial charge in [0.2, 0.25) is 5.91 Å². The minimum atomic E-state index is -0.200. The zero-order chi connectivity index (χ0) is 23.2. The third kappa shape index (κ3) is 5.78. The summed E-state index contributed by atoms with van der Waals surface area (Å²) in [6.07, 6.45) is 4.97. The van der Waals surface area contributed by atoms with Crippen LogP contribution in [0.25, 0.3) is 0 Å². The molecule has 33 heavy (non-hydrogen) atoms. The van der Waals surface area contributed by atoms with Crippen LogP contribution in [-0.2, 0) is 23.6 Å². The normalized spacial score (nSPS) is 13.7. The monoisotopic (exact) mass is 464 g/mol. The molecule has 1 aromatic carbocycles. The highest BCUT2D eigenvalue weighted by molar-refractivity contribution is 7.98. The Morgan fingerprint density at radius 1 is 1.18 bits per heavy atom. The fourth-order valence-electron chi connectivity index (χ4n) is 3.73. The van der Waals surface area contributed by atoms with Crippen LogP contribution in [-0.4, -0.2) is 38.1 Å². The van der Waals surface area contributed by atoms with E-state index >= 15 is 0 Å². The van der Waals surface area contributed by atoms with Crippen LogP contribution in [0.2, 0.25) is 0 Å². The summed E-state index contributed by atoms with van der Waals surface area (Å²) in [5, 5.41) is 12.5. The molecule has 0 saturated carbocycles. The van der Waals surface area contributed by atoms with Gasteiger partial charge in [0.05, 0.1) is 6.54 Å². The SMILES string of the molecule is CC(C)Cn1c(CNC(=O)c2cccc(N3CCCC3=O)c2)nnc1SCc1ccncc1. The Bertz CT molecular complexity index is 1120. The highest BCUT2D eigenvalue weighted by Gasteiger charge is 2.22. The molecule has 1 aliphatic rings. The molecular formula is C24H28N6O2S. The summed E-state index contributed by atoms with van der Waals surface area (Å²) in [5.41, 5.74) is 2.46. The van der Waals surface area contributed by atoms with Gasteiger partial charge in [0.15, 0.2) is 11.0 Å². The van der Waals surface area contributed by atoms with Crippen molar-refractivity contribution < 1.29 is 9.59 Å². The third-order valence-corrected chi connectivity index (χ3v) is 6.40. The van der Waals surface area contributed by atoms with Crippen LogP contribution >= 0.6 is 11.8 Å². The number of pyridine rings is 1. The smallest absolute Gasteiger partial charge is 0.251 e. The summed E-state index contributed by atoms with van der Waals surface area (Å²) >= 11 is 1.62. The predicted octanol–water partition coefficient (Wildman–Crippen LogP) is 3.68. The van der Waals surface area contributed by atoms with E-state index in [1.54, 1.807) is 41.2 Å². The standard InChI is InChI=1S/C24H28N6O2S/c1-17(2)15-30-21(27-28-24(30)33-16-18-8-10-25-11-9-18)14-26-23(32)19-5-3-6-20(13-19)29-12-4-7-22(29)31/h3,5-6,8-11,13,17H,4,7,12,14-16H2,1-2H3,(H,26,32). The van der Waals surface area contributed by atoms with Gasteiger partial charge in [0.25, 0.3) is 5.91 Å². The van der Waals surface area contributed by atoms with E-state index in [4.69, 9.17) is 0 Å². The largest absolute Gasteiger partial charge is 0.345 e. The number of nitrogens with one attached hydrogen (secondary N) is 1. The number of anilines is 1. The van der Waals surface area contributed by atoms with Crippen LogP contribution in [0.4, 0.5) is 5.69 Å². The molecule has 0 radical (unpaired) electrons. The number of rotatable bonds is 9. The van der Waals surface area contributed by atoms with Gasteiger partial charge in [-0.2, -0.15) is 0 Å². The molecular weight excluding hydrogens is 436 g/mol.